The summed E-state index contributed by atoms with van der Waals surface area (Å²) in [4.78, 5) is 23.0. The lowest BCUT2D eigenvalue weighted by molar-refractivity contribution is 0.0516. The van der Waals surface area contributed by atoms with E-state index < -0.39 is 57.7 Å². The van der Waals surface area contributed by atoms with E-state index in [0.29, 0.717) is 24.3 Å². The molecule has 0 radical (unpaired) electrons. The van der Waals surface area contributed by atoms with Crippen LogP contribution in [0.3, 0.4) is 0 Å². The van der Waals surface area contributed by atoms with Crippen molar-refractivity contribution in [3.05, 3.63) is 58.7 Å². The van der Waals surface area contributed by atoms with Crippen LogP contribution in [0.15, 0.2) is 34.5 Å². The highest BCUT2D eigenvalue weighted by Gasteiger charge is 2.18. The van der Waals surface area contributed by atoms with E-state index in [0.717, 1.165) is 0 Å². The summed E-state index contributed by atoms with van der Waals surface area (Å²) >= 11 is 0. The van der Waals surface area contributed by atoms with Crippen LogP contribution in [0, 0.1) is 23.3 Å². The molecule has 0 aliphatic carbocycles. The van der Waals surface area contributed by atoms with Gasteiger partial charge in [0.15, 0.2) is 34.6 Å². The Labute approximate surface area is 156 Å². The maximum Gasteiger partial charge on any atom is 0.338 e. The van der Waals surface area contributed by atoms with E-state index in [-0.39, 0.29) is 13.2 Å². The van der Waals surface area contributed by atoms with Gasteiger partial charge in [0.2, 0.25) is 0 Å². The van der Waals surface area contributed by atoms with Gasteiger partial charge in [0.05, 0.1) is 24.3 Å². The van der Waals surface area contributed by atoms with Gasteiger partial charge < -0.3 is 9.47 Å². The molecule has 6 nitrogen and oxygen atoms in total. The molecule has 28 heavy (non-hydrogen) atoms. The maximum atomic E-state index is 14.0. The molecule has 0 saturated heterocycles. The van der Waals surface area contributed by atoms with Crippen molar-refractivity contribution in [2.45, 2.75) is 13.8 Å². The minimum Gasteiger partial charge on any atom is -0.462 e. The molecule has 0 atom stereocenters. The fourth-order valence-electron chi connectivity index (χ4n) is 2.09. The topological polar surface area (TPSA) is 77.3 Å². The van der Waals surface area contributed by atoms with E-state index in [4.69, 9.17) is 0 Å². The highest BCUT2D eigenvalue weighted by atomic mass is 19.1. The molecule has 2 rings (SSSR count). The highest BCUT2D eigenvalue weighted by molar-refractivity contribution is 5.90. The van der Waals surface area contributed by atoms with Gasteiger partial charge in [-0.15, -0.1) is 10.2 Å². The van der Waals surface area contributed by atoms with Crippen molar-refractivity contribution in [2.75, 3.05) is 13.2 Å². The van der Waals surface area contributed by atoms with Crippen LogP contribution in [0.2, 0.25) is 0 Å². The van der Waals surface area contributed by atoms with E-state index in [2.05, 4.69) is 19.7 Å². The van der Waals surface area contributed by atoms with Crippen LogP contribution in [-0.2, 0) is 9.47 Å². The molecular formula is C18H14F4N2O4. The summed E-state index contributed by atoms with van der Waals surface area (Å²) in [5, 5.41) is 6.36. The minimum atomic E-state index is -1.28. The number of azo groups is 1. The van der Waals surface area contributed by atoms with Crippen molar-refractivity contribution in [2.24, 2.45) is 10.2 Å². The Morgan fingerprint density at radius 1 is 0.714 bits per heavy atom. The Hall–Kier alpha value is -3.30. The molecule has 2 aromatic carbocycles. The first kappa shape index (κ1) is 21.0. The lowest BCUT2D eigenvalue weighted by Gasteiger charge is -2.05. The lowest BCUT2D eigenvalue weighted by Crippen LogP contribution is -2.06. The van der Waals surface area contributed by atoms with E-state index in [1.165, 1.54) is 13.8 Å². The molecule has 0 amide bonds. The molecule has 0 heterocycles. The molecule has 10 heteroatoms. The molecule has 0 N–H and O–H groups in total. The van der Waals surface area contributed by atoms with E-state index >= 15 is 0 Å². The molecule has 0 spiro atoms. The Morgan fingerprint density at radius 2 is 1.00 bits per heavy atom. The van der Waals surface area contributed by atoms with E-state index in [1.54, 1.807) is 0 Å². The smallest absolute Gasteiger partial charge is 0.338 e. The Balaban J connectivity index is 2.36. The monoisotopic (exact) mass is 398 g/mol. The number of benzene rings is 2. The average Bonchev–Trinajstić information content (AvgIpc) is 2.62. The molecule has 0 aromatic heterocycles. The SMILES string of the molecule is CCOC(=O)c1cc(F)c(/N=N/c2c(F)cc(C(=O)OCC)cc2F)c(F)c1. The van der Waals surface area contributed by atoms with Crippen molar-refractivity contribution >= 4 is 23.3 Å². The fraction of sp³-hybridized carbons (Fsp3) is 0.222. The van der Waals surface area contributed by atoms with Gasteiger partial charge >= 0.3 is 11.9 Å². The van der Waals surface area contributed by atoms with Crippen molar-refractivity contribution < 1.29 is 36.6 Å². The molecule has 0 saturated carbocycles. The summed E-state index contributed by atoms with van der Waals surface area (Å²) in [5.74, 6) is -7.02. The predicted octanol–water partition coefficient (Wildman–Crippen LogP) is 5.01. The second kappa shape index (κ2) is 9.07. The fourth-order valence-corrected chi connectivity index (χ4v) is 2.09. The van der Waals surface area contributed by atoms with Gasteiger partial charge in [-0.3, -0.25) is 0 Å². The molecular weight excluding hydrogens is 384 g/mol. The number of ether oxygens (including phenoxy) is 2. The zero-order chi connectivity index (χ0) is 20.8. The van der Waals surface area contributed by atoms with Crippen LogP contribution in [0.4, 0.5) is 28.9 Å². The minimum absolute atomic E-state index is 0.00385. The van der Waals surface area contributed by atoms with Crippen LogP contribution in [0.25, 0.3) is 0 Å². The molecule has 148 valence electrons. The Kier molecular flexibility index (Phi) is 6.80. The van der Waals surface area contributed by atoms with Crippen LogP contribution >= 0.6 is 0 Å². The third-order valence-corrected chi connectivity index (χ3v) is 3.31. The molecule has 0 aliphatic rings. The first-order valence-corrected chi connectivity index (χ1v) is 8.02. The number of hydrogen-bond acceptors (Lipinski definition) is 6. The van der Waals surface area contributed by atoms with Gasteiger partial charge in [-0.2, -0.15) is 0 Å². The zero-order valence-electron chi connectivity index (χ0n) is 14.8. The predicted molar refractivity (Wildman–Crippen MR) is 88.8 cm³/mol. The number of esters is 2. The Morgan fingerprint density at radius 3 is 1.25 bits per heavy atom. The van der Waals surface area contributed by atoms with Crippen LogP contribution in [-0.4, -0.2) is 25.2 Å². The van der Waals surface area contributed by atoms with Crippen LogP contribution in [0.5, 0.6) is 0 Å². The highest BCUT2D eigenvalue weighted by Crippen LogP contribution is 2.29. The third-order valence-electron chi connectivity index (χ3n) is 3.31. The number of rotatable bonds is 6. The van der Waals surface area contributed by atoms with Crippen molar-refractivity contribution in [3.8, 4) is 0 Å². The largest absolute Gasteiger partial charge is 0.462 e. The van der Waals surface area contributed by atoms with Crippen LogP contribution < -0.4 is 0 Å². The number of hydrogen-bond donors (Lipinski definition) is 0. The number of nitrogens with zero attached hydrogens (tertiary/aromatic N) is 2. The third kappa shape index (κ3) is 4.70. The van der Waals surface area contributed by atoms with Crippen molar-refractivity contribution in [3.63, 3.8) is 0 Å². The quantitative estimate of drug-likeness (QED) is 0.389. The second-order valence-corrected chi connectivity index (χ2v) is 5.22. The van der Waals surface area contributed by atoms with Gasteiger partial charge in [-0.05, 0) is 38.1 Å². The Bertz CT molecular complexity index is 826. The summed E-state index contributed by atoms with van der Waals surface area (Å²) < 4.78 is 65.3. The van der Waals surface area contributed by atoms with Gasteiger partial charge in [-0.1, -0.05) is 0 Å². The molecule has 0 fully saturated rings. The summed E-state index contributed by atoms with van der Waals surface area (Å²) in [6.07, 6.45) is 0. The van der Waals surface area contributed by atoms with E-state index in [9.17, 15) is 27.2 Å². The van der Waals surface area contributed by atoms with Crippen molar-refractivity contribution in [1.82, 2.24) is 0 Å². The first-order valence-electron chi connectivity index (χ1n) is 8.02. The van der Waals surface area contributed by atoms with Gasteiger partial charge in [0.25, 0.3) is 0 Å². The summed E-state index contributed by atoms with van der Waals surface area (Å²) in [5.41, 5.74) is -2.71. The van der Waals surface area contributed by atoms with Gasteiger partial charge in [-0.25, -0.2) is 27.2 Å². The molecule has 0 unspecified atom stereocenters. The number of carbonyl (C=O) groups is 2. The zero-order valence-corrected chi connectivity index (χ0v) is 14.8. The first-order chi connectivity index (χ1) is 13.3. The summed E-state index contributed by atoms with van der Waals surface area (Å²) in [6, 6.07) is 2.63. The second-order valence-electron chi connectivity index (χ2n) is 5.22. The van der Waals surface area contributed by atoms with Crippen LogP contribution in [0.1, 0.15) is 34.6 Å². The molecule has 0 aliphatic heterocycles. The van der Waals surface area contributed by atoms with E-state index in [1.807, 2.05) is 0 Å². The van der Waals surface area contributed by atoms with Gasteiger partial charge in [0, 0.05) is 0 Å². The average molecular weight is 398 g/mol. The number of halogens is 4. The molecule has 0 bridgehead atoms. The summed E-state index contributed by atoms with van der Waals surface area (Å²) in [7, 11) is 0. The standard InChI is InChI=1S/C18H14F4N2O4/c1-3-27-17(25)9-5-11(19)15(12(20)6-9)23-24-16-13(21)7-10(8-14(16)22)18(26)28-4-2/h5-8H,3-4H2,1-2H3/b24-23+. The lowest BCUT2D eigenvalue weighted by atomic mass is 10.2. The maximum absolute atomic E-state index is 14.0. The normalized spacial score (nSPS) is 10.9. The summed E-state index contributed by atoms with van der Waals surface area (Å²) in [6.45, 7) is 3.04. The molecule has 2 aromatic rings. The van der Waals surface area contributed by atoms with Crippen molar-refractivity contribution in [1.29, 1.82) is 0 Å². The number of carbonyl (C=O) groups excluding carboxylic acids is 2. The van der Waals surface area contributed by atoms with Gasteiger partial charge in [0.1, 0.15) is 0 Å².